The van der Waals surface area contributed by atoms with Crippen LogP contribution in [0.15, 0.2) is 12.1 Å². The first-order chi connectivity index (χ1) is 7.74. The minimum atomic E-state index is -0.276. The molecule has 96 valence electrons. The van der Waals surface area contributed by atoms with Gasteiger partial charge in [0.1, 0.15) is 5.75 Å². The van der Waals surface area contributed by atoms with Crippen molar-refractivity contribution in [2.24, 2.45) is 11.5 Å². The van der Waals surface area contributed by atoms with E-state index in [4.69, 9.17) is 16.2 Å². The van der Waals surface area contributed by atoms with E-state index in [-0.39, 0.29) is 11.6 Å². The molecule has 3 nitrogen and oxygen atoms in total. The number of hydrogen-bond donors (Lipinski definition) is 2. The lowest BCUT2D eigenvalue weighted by atomic mass is 9.90. The minimum Gasteiger partial charge on any atom is -0.496 e. The highest BCUT2D eigenvalue weighted by molar-refractivity contribution is 5.45. The fourth-order valence-corrected chi connectivity index (χ4v) is 2.22. The molecule has 0 saturated carbocycles. The molecule has 3 heteroatoms. The molecule has 0 bridgehead atoms. The van der Waals surface area contributed by atoms with Gasteiger partial charge in [0.25, 0.3) is 0 Å². The topological polar surface area (TPSA) is 61.3 Å². The maximum absolute atomic E-state index is 6.24. The Bertz CT molecular complexity index is 394. The van der Waals surface area contributed by atoms with Crippen LogP contribution in [0.1, 0.15) is 43.0 Å². The zero-order valence-electron chi connectivity index (χ0n) is 11.5. The van der Waals surface area contributed by atoms with Crippen LogP contribution < -0.4 is 16.2 Å². The molecule has 1 atom stereocenters. The van der Waals surface area contributed by atoms with Gasteiger partial charge in [-0.25, -0.2) is 0 Å². The summed E-state index contributed by atoms with van der Waals surface area (Å²) in [5.74, 6) is 0.882. The summed E-state index contributed by atoms with van der Waals surface area (Å²) in [7, 11) is 1.68. The van der Waals surface area contributed by atoms with E-state index < -0.39 is 0 Å². The molecule has 0 radical (unpaired) electrons. The Morgan fingerprint density at radius 1 is 1.29 bits per heavy atom. The normalized spacial score (nSPS) is 13.6. The van der Waals surface area contributed by atoms with Crippen LogP contribution in [-0.4, -0.2) is 12.6 Å². The van der Waals surface area contributed by atoms with E-state index in [0.717, 1.165) is 23.3 Å². The number of benzene rings is 1. The lowest BCUT2D eigenvalue weighted by Gasteiger charge is -2.25. The second kappa shape index (κ2) is 5.07. The Kier molecular flexibility index (Phi) is 4.17. The molecule has 0 heterocycles. The van der Waals surface area contributed by atoms with Crippen LogP contribution in [0.25, 0.3) is 0 Å². The minimum absolute atomic E-state index is 0.0939. The predicted molar refractivity (Wildman–Crippen MR) is 72.3 cm³/mol. The quantitative estimate of drug-likeness (QED) is 0.844. The SMILES string of the molecule is COc1c(C)cc(C)cc1C(N)CC(C)(C)N. The molecular weight excluding hydrogens is 212 g/mol. The van der Waals surface area contributed by atoms with E-state index in [1.165, 1.54) is 5.56 Å². The summed E-state index contributed by atoms with van der Waals surface area (Å²) in [5, 5.41) is 0. The van der Waals surface area contributed by atoms with Gasteiger partial charge in [0.2, 0.25) is 0 Å². The molecule has 1 rings (SSSR count). The number of hydrogen-bond acceptors (Lipinski definition) is 3. The van der Waals surface area contributed by atoms with Gasteiger partial charge in [0.05, 0.1) is 7.11 Å². The molecule has 0 aliphatic heterocycles. The summed E-state index contributed by atoms with van der Waals surface area (Å²) < 4.78 is 5.45. The molecular formula is C14H24N2O. The molecule has 0 aliphatic rings. The molecule has 1 unspecified atom stereocenters. The predicted octanol–water partition coefficient (Wildman–Crippen LogP) is 2.44. The third-order valence-corrected chi connectivity index (χ3v) is 2.80. The first-order valence-electron chi connectivity index (χ1n) is 5.94. The second-order valence-corrected chi connectivity index (χ2v) is 5.50. The van der Waals surface area contributed by atoms with E-state index in [2.05, 4.69) is 19.1 Å². The fourth-order valence-electron chi connectivity index (χ4n) is 2.22. The number of rotatable bonds is 4. The van der Waals surface area contributed by atoms with Crippen molar-refractivity contribution in [2.45, 2.75) is 45.7 Å². The first-order valence-corrected chi connectivity index (χ1v) is 5.94. The van der Waals surface area contributed by atoms with E-state index in [9.17, 15) is 0 Å². The van der Waals surface area contributed by atoms with Gasteiger partial charge in [-0.2, -0.15) is 0 Å². The van der Waals surface area contributed by atoms with Crippen LogP contribution in [0.5, 0.6) is 5.75 Å². The Hall–Kier alpha value is -1.06. The monoisotopic (exact) mass is 236 g/mol. The molecule has 0 amide bonds. The summed E-state index contributed by atoms with van der Waals surface area (Å²) >= 11 is 0. The van der Waals surface area contributed by atoms with Gasteiger partial charge in [-0.1, -0.05) is 17.7 Å². The summed E-state index contributed by atoms with van der Waals surface area (Å²) in [6, 6.07) is 4.09. The Morgan fingerprint density at radius 2 is 1.88 bits per heavy atom. The van der Waals surface area contributed by atoms with Crippen molar-refractivity contribution in [3.8, 4) is 5.75 Å². The smallest absolute Gasteiger partial charge is 0.126 e. The molecule has 1 aromatic carbocycles. The van der Waals surface area contributed by atoms with Crippen molar-refractivity contribution in [3.63, 3.8) is 0 Å². The summed E-state index contributed by atoms with van der Waals surface area (Å²) in [5.41, 5.74) is 15.3. The summed E-state index contributed by atoms with van der Waals surface area (Å²) in [6.07, 6.45) is 0.728. The standard InChI is InChI=1S/C14H24N2O/c1-9-6-10(2)13(17-5)11(7-9)12(15)8-14(3,4)16/h6-7,12H,8,15-16H2,1-5H3. The van der Waals surface area contributed by atoms with E-state index in [1.807, 2.05) is 20.8 Å². The lowest BCUT2D eigenvalue weighted by molar-refractivity contribution is 0.386. The van der Waals surface area contributed by atoms with Crippen LogP contribution >= 0.6 is 0 Å². The second-order valence-electron chi connectivity index (χ2n) is 5.50. The molecule has 0 spiro atoms. The van der Waals surface area contributed by atoms with Gasteiger partial charge in [-0.3, -0.25) is 0 Å². The molecule has 0 fully saturated rings. The van der Waals surface area contributed by atoms with Crippen molar-refractivity contribution >= 4 is 0 Å². The van der Waals surface area contributed by atoms with Crippen molar-refractivity contribution in [2.75, 3.05) is 7.11 Å². The summed E-state index contributed by atoms with van der Waals surface area (Å²) in [4.78, 5) is 0. The highest BCUT2D eigenvalue weighted by atomic mass is 16.5. The van der Waals surface area contributed by atoms with E-state index >= 15 is 0 Å². The zero-order chi connectivity index (χ0) is 13.2. The molecule has 0 aromatic heterocycles. The zero-order valence-corrected chi connectivity index (χ0v) is 11.5. The molecule has 1 aromatic rings. The number of aryl methyl sites for hydroxylation is 2. The first kappa shape index (κ1) is 14.0. The average Bonchev–Trinajstić information content (AvgIpc) is 2.13. The number of methoxy groups -OCH3 is 1. The third-order valence-electron chi connectivity index (χ3n) is 2.80. The average molecular weight is 236 g/mol. The molecule has 17 heavy (non-hydrogen) atoms. The molecule has 0 saturated heterocycles. The highest BCUT2D eigenvalue weighted by Crippen LogP contribution is 2.32. The van der Waals surface area contributed by atoms with Gasteiger partial charge in [-0.05, 0) is 39.7 Å². The van der Waals surface area contributed by atoms with Gasteiger partial charge >= 0.3 is 0 Å². The Labute approximate surface area is 104 Å². The largest absolute Gasteiger partial charge is 0.496 e. The Morgan fingerprint density at radius 3 is 2.35 bits per heavy atom. The van der Waals surface area contributed by atoms with Crippen LogP contribution in [0.4, 0.5) is 0 Å². The Balaban J connectivity index is 3.11. The van der Waals surface area contributed by atoms with Crippen molar-refractivity contribution in [3.05, 3.63) is 28.8 Å². The maximum Gasteiger partial charge on any atom is 0.126 e. The maximum atomic E-state index is 6.24. The van der Waals surface area contributed by atoms with Gasteiger partial charge in [-0.15, -0.1) is 0 Å². The van der Waals surface area contributed by atoms with Crippen LogP contribution in [0.2, 0.25) is 0 Å². The van der Waals surface area contributed by atoms with E-state index in [1.54, 1.807) is 7.11 Å². The van der Waals surface area contributed by atoms with Gasteiger partial charge in [0, 0.05) is 17.1 Å². The third kappa shape index (κ3) is 3.72. The van der Waals surface area contributed by atoms with Crippen molar-refractivity contribution in [1.29, 1.82) is 0 Å². The highest BCUT2D eigenvalue weighted by Gasteiger charge is 2.21. The molecule has 4 N–H and O–H groups in total. The van der Waals surface area contributed by atoms with E-state index in [0.29, 0.717) is 0 Å². The lowest BCUT2D eigenvalue weighted by Crippen LogP contribution is -2.36. The van der Waals surface area contributed by atoms with Crippen molar-refractivity contribution < 1.29 is 4.74 Å². The van der Waals surface area contributed by atoms with Crippen LogP contribution in [-0.2, 0) is 0 Å². The van der Waals surface area contributed by atoms with Gasteiger partial charge < -0.3 is 16.2 Å². The van der Waals surface area contributed by atoms with Crippen LogP contribution in [0.3, 0.4) is 0 Å². The fraction of sp³-hybridized carbons (Fsp3) is 0.571. The van der Waals surface area contributed by atoms with Crippen LogP contribution in [0, 0.1) is 13.8 Å². The number of ether oxygens (including phenoxy) is 1. The van der Waals surface area contributed by atoms with Gasteiger partial charge in [0.15, 0.2) is 0 Å². The number of nitrogens with two attached hydrogens (primary N) is 2. The molecule has 0 aliphatic carbocycles. The van der Waals surface area contributed by atoms with Crippen molar-refractivity contribution in [1.82, 2.24) is 0 Å². The summed E-state index contributed by atoms with van der Waals surface area (Å²) in [6.45, 7) is 8.08.